The first-order chi connectivity index (χ1) is 14.7. The highest BCUT2D eigenvalue weighted by molar-refractivity contribution is 7.89. The first-order valence-electron chi connectivity index (χ1n) is 9.55. The lowest BCUT2D eigenvalue weighted by Gasteiger charge is -2.22. The zero-order valence-corrected chi connectivity index (χ0v) is 18.4. The zero-order chi connectivity index (χ0) is 22.4. The number of sulfonamides is 1. The summed E-state index contributed by atoms with van der Waals surface area (Å²) >= 11 is 1.30. The molecule has 2 aromatic carbocycles. The number of carbonyl (C=O) groups excluding carboxylic acids is 2. The summed E-state index contributed by atoms with van der Waals surface area (Å²) < 4.78 is 22.8. The maximum atomic E-state index is 13.0. The van der Waals surface area contributed by atoms with E-state index in [2.05, 4.69) is 10.6 Å². The smallest absolute Gasteiger partial charge is 0.262 e. The van der Waals surface area contributed by atoms with Gasteiger partial charge >= 0.3 is 0 Å². The quantitative estimate of drug-likeness (QED) is 0.482. The van der Waals surface area contributed by atoms with E-state index in [0.29, 0.717) is 16.9 Å². The number of nitrogens with two attached hydrogens (primary N) is 1. The van der Waals surface area contributed by atoms with Crippen molar-refractivity contribution >= 4 is 33.2 Å². The molecule has 0 fully saturated rings. The van der Waals surface area contributed by atoms with Crippen LogP contribution in [-0.2, 0) is 21.2 Å². The van der Waals surface area contributed by atoms with Gasteiger partial charge in [-0.25, -0.2) is 13.6 Å². The Bertz CT molecular complexity index is 1130. The lowest BCUT2D eigenvalue weighted by Crippen LogP contribution is -2.48. The van der Waals surface area contributed by atoms with Crippen LogP contribution in [0.3, 0.4) is 0 Å². The third-order valence-electron chi connectivity index (χ3n) is 4.72. The lowest BCUT2D eigenvalue weighted by atomic mass is 10.0. The molecule has 0 spiro atoms. The highest BCUT2D eigenvalue weighted by Gasteiger charge is 2.24. The van der Waals surface area contributed by atoms with Crippen molar-refractivity contribution < 1.29 is 18.0 Å². The van der Waals surface area contributed by atoms with Gasteiger partial charge in [0.1, 0.15) is 6.04 Å². The monoisotopic (exact) mass is 457 g/mol. The summed E-state index contributed by atoms with van der Waals surface area (Å²) in [6.45, 7) is 1.78. The highest BCUT2D eigenvalue weighted by Crippen LogP contribution is 2.16. The first kappa shape index (κ1) is 22.7. The Labute approximate surface area is 185 Å². The molecule has 2 atom stereocenters. The van der Waals surface area contributed by atoms with Crippen LogP contribution in [0.2, 0.25) is 0 Å². The van der Waals surface area contributed by atoms with Crippen LogP contribution in [-0.4, -0.2) is 26.3 Å². The molecule has 3 rings (SSSR count). The molecule has 0 unspecified atom stereocenters. The van der Waals surface area contributed by atoms with E-state index in [-0.39, 0.29) is 16.7 Å². The second-order valence-corrected chi connectivity index (χ2v) is 9.55. The molecule has 0 radical (unpaired) electrons. The number of carbonyl (C=O) groups is 2. The van der Waals surface area contributed by atoms with Gasteiger partial charge in [-0.15, -0.1) is 11.3 Å². The van der Waals surface area contributed by atoms with Gasteiger partial charge in [-0.3, -0.25) is 9.59 Å². The predicted molar refractivity (Wildman–Crippen MR) is 120 cm³/mol. The summed E-state index contributed by atoms with van der Waals surface area (Å²) in [5.74, 6) is -0.645. The molecule has 9 heteroatoms. The Balaban J connectivity index is 1.74. The van der Waals surface area contributed by atoms with E-state index in [1.54, 1.807) is 36.6 Å². The molecular formula is C22H23N3O4S2. The molecule has 0 aliphatic carbocycles. The number of hydrogen-bond acceptors (Lipinski definition) is 5. The van der Waals surface area contributed by atoms with Crippen LogP contribution in [0.15, 0.2) is 77.0 Å². The number of thiophene rings is 1. The Morgan fingerprint density at radius 3 is 2.23 bits per heavy atom. The first-order valence-corrected chi connectivity index (χ1v) is 12.0. The van der Waals surface area contributed by atoms with E-state index in [4.69, 9.17) is 5.14 Å². The maximum Gasteiger partial charge on any atom is 0.262 e. The second-order valence-electron chi connectivity index (χ2n) is 7.04. The van der Waals surface area contributed by atoms with E-state index in [1.165, 1.54) is 23.5 Å². The number of benzene rings is 2. The molecule has 0 saturated heterocycles. The van der Waals surface area contributed by atoms with Crippen molar-refractivity contribution in [2.75, 3.05) is 0 Å². The molecule has 162 valence electrons. The molecule has 7 nitrogen and oxygen atoms in total. The zero-order valence-electron chi connectivity index (χ0n) is 16.8. The van der Waals surface area contributed by atoms with Crippen LogP contribution in [0.4, 0.5) is 0 Å². The van der Waals surface area contributed by atoms with Gasteiger partial charge < -0.3 is 10.6 Å². The summed E-state index contributed by atoms with van der Waals surface area (Å²) in [5.41, 5.74) is 1.63. The molecule has 31 heavy (non-hydrogen) atoms. The molecule has 1 aromatic heterocycles. The fourth-order valence-electron chi connectivity index (χ4n) is 3.04. The topological polar surface area (TPSA) is 118 Å². The van der Waals surface area contributed by atoms with E-state index in [9.17, 15) is 18.0 Å². The van der Waals surface area contributed by atoms with Crippen molar-refractivity contribution in [1.82, 2.24) is 10.6 Å². The minimum absolute atomic E-state index is 0.0000538. The van der Waals surface area contributed by atoms with E-state index in [0.717, 1.165) is 5.56 Å². The average molecular weight is 458 g/mol. The molecule has 2 amide bonds. The summed E-state index contributed by atoms with van der Waals surface area (Å²) in [6.07, 6.45) is 0.334. The van der Waals surface area contributed by atoms with Crippen LogP contribution in [0.5, 0.6) is 0 Å². The SMILES string of the molecule is C[C@@H](NC(=O)[C@@H](Cc1ccccc1)NC(=O)c1cccs1)c1ccc(S(N)(=O)=O)cc1. The van der Waals surface area contributed by atoms with Crippen molar-refractivity contribution in [2.45, 2.75) is 30.3 Å². The summed E-state index contributed by atoms with van der Waals surface area (Å²) in [5, 5.41) is 12.6. The number of rotatable bonds is 8. The molecule has 4 N–H and O–H groups in total. The Morgan fingerprint density at radius 2 is 1.65 bits per heavy atom. The molecular weight excluding hydrogens is 434 g/mol. The highest BCUT2D eigenvalue weighted by atomic mass is 32.2. The molecule has 0 bridgehead atoms. The third-order valence-corrected chi connectivity index (χ3v) is 6.51. The van der Waals surface area contributed by atoms with Crippen molar-refractivity contribution in [3.63, 3.8) is 0 Å². The third kappa shape index (κ3) is 6.24. The van der Waals surface area contributed by atoms with Crippen molar-refractivity contribution in [3.05, 3.63) is 88.1 Å². The number of primary sulfonamides is 1. The van der Waals surface area contributed by atoms with Crippen LogP contribution >= 0.6 is 11.3 Å². The average Bonchev–Trinajstić information content (AvgIpc) is 3.28. The van der Waals surface area contributed by atoms with Gasteiger partial charge in [0.25, 0.3) is 5.91 Å². The minimum Gasteiger partial charge on any atom is -0.348 e. The molecule has 3 aromatic rings. The van der Waals surface area contributed by atoms with E-state index in [1.807, 2.05) is 30.3 Å². The standard InChI is InChI=1S/C22H23N3O4S2/c1-15(17-9-11-18(12-10-17)31(23,28)29)24-21(26)19(14-16-6-3-2-4-7-16)25-22(27)20-8-5-13-30-20/h2-13,15,19H,14H2,1H3,(H,24,26)(H,25,27)(H2,23,28,29)/t15-,19-/m1/s1. The van der Waals surface area contributed by atoms with Gasteiger partial charge in [0, 0.05) is 6.42 Å². The molecule has 0 aliphatic rings. The predicted octanol–water partition coefficient (Wildman–Crippen LogP) is 2.61. The largest absolute Gasteiger partial charge is 0.348 e. The second kappa shape index (κ2) is 9.86. The summed E-state index contributed by atoms with van der Waals surface area (Å²) in [6, 6.07) is 17.7. The maximum absolute atomic E-state index is 13.0. The molecule has 0 aliphatic heterocycles. The minimum atomic E-state index is -3.79. The van der Waals surface area contributed by atoms with E-state index >= 15 is 0 Å². The van der Waals surface area contributed by atoms with Gasteiger partial charge in [0.05, 0.1) is 15.8 Å². The number of amides is 2. The van der Waals surface area contributed by atoms with Crippen LogP contribution in [0.25, 0.3) is 0 Å². The van der Waals surface area contributed by atoms with Crippen LogP contribution < -0.4 is 15.8 Å². The van der Waals surface area contributed by atoms with Gasteiger partial charge in [0.15, 0.2) is 0 Å². The van der Waals surface area contributed by atoms with Crippen LogP contribution in [0.1, 0.15) is 33.8 Å². The summed E-state index contributed by atoms with van der Waals surface area (Å²) in [4.78, 5) is 26.1. The summed E-state index contributed by atoms with van der Waals surface area (Å²) in [7, 11) is -3.79. The van der Waals surface area contributed by atoms with Gasteiger partial charge in [-0.05, 0) is 41.6 Å². The number of nitrogens with one attached hydrogen (secondary N) is 2. The Hall–Kier alpha value is -3.01. The van der Waals surface area contributed by atoms with Crippen molar-refractivity contribution in [2.24, 2.45) is 5.14 Å². The van der Waals surface area contributed by atoms with Gasteiger partial charge in [-0.2, -0.15) is 0 Å². The van der Waals surface area contributed by atoms with Gasteiger partial charge in [0.2, 0.25) is 15.9 Å². The lowest BCUT2D eigenvalue weighted by molar-refractivity contribution is -0.123. The van der Waals surface area contributed by atoms with Crippen LogP contribution in [0, 0.1) is 0 Å². The van der Waals surface area contributed by atoms with Crippen molar-refractivity contribution in [1.29, 1.82) is 0 Å². The fourth-order valence-corrected chi connectivity index (χ4v) is 4.18. The Kier molecular flexibility index (Phi) is 7.21. The number of hydrogen-bond donors (Lipinski definition) is 3. The molecule has 1 heterocycles. The fraction of sp³-hybridized carbons (Fsp3) is 0.182. The normalized spacial score (nSPS) is 13.2. The Morgan fingerprint density at radius 1 is 0.968 bits per heavy atom. The molecule has 0 saturated carbocycles. The van der Waals surface area contributed by atoms with E-state index < -0.39 is 22.1 Å². The van der Waals surface area contributed by atoms with Crippen molar-refractivity contribution in [3.8, 4) is 0 Å². The van der Waals surface area contributed by atoms with Gasteiger partial charge in [-0.1, -0.05) is 48.5 Å².